The number of aryl methyl sites for hydroxylation is 1. The van der Waals surface area contributed by atoms with E-state index in [-0.39, 0.29) is 12.1 Å². The van der Waals surface area contributed by atoms with E-state index >= 15 is 0 Å². The molecule has 0 spiro atoms. The van der Waals surface area contributed by atoms with Crippen LogP contribution in [0.1, 0.15) is 38.2 Å². The highest BCUT2D eigenvalue weighted by molar-refractivity contribution is 5.74. The Labute approximate surface area is 147 Å². The van der Waals surface area contributed by atoms with Crippen molar-refractivity contribution in [2.75, 3.05) is 13.7 Å². The number of amides is 2. The fraction of sp³-hybridized carbons (Fsp3) is 0.471. The minimum Gasteiger partial charge on any atom is -0.493 e. The molecular weight excluding hydrogens is 322 g/mol. The van der Waals surface area contributed by atoms with Crippen molar-refractivity contribution in [3.05, 3.63) is 35.9 Å². The van der Waals surface area contributed by atoms with Crippen LogP contribution >= 0.6 is 0 Å². The van der Waals surface area contributed by atoms with Crippen molar-refractivity contribution in [3.63, 3.8) is 0 Å². The molecule has 136 valence electrons. The summed E-state index contributed by atoms with van der Waals surface area (Å²) in [5.41, 5.74) is 0.923. The molecule has 1 atom stereocenters. The van der Waals surface area contributed by atoms with Crippen LogP contribution in [0.15, 0.2) is 24.5 Å². The van der Waals surface area contributed by atoms with Crippen molar-refractivity contribution in [3.8, 4) is 11.5 Å². The maximum Gasteiger partial charge on any atom is 0.315 e. The number of nitrogens with one attached hydrogen (secondary N) is 2. The molecule has 1 aromatic carbocycles. The monoisotopic (exact) mass is 347 g/mol. The third-order valence-corrected chi connectivity index (χ3v) is 3.78. The van der Waals surface area contributed by atoms with Crippen LogP contribution in [0.4, 0.5) is 4.79 Å². The van der Waals surface area contributed by atoms with Gasteiger partial charge in [0, 0.05) is 6.54 Å². The van der Waals surface area contributed by atoms with Crippen LogP contribution in [0, 0.1) is 0 Å². The lowest BCUT2D eigenvalue weighted by atomic mass is 10.1. The first-order valence-electron chi connectivity index (χ1n) is 8.30. The van der Waals surface area contributed by atoms with Gasteiger partial charge in [-0.3, -0.25) is 0 Å². The van der Waals surface area contributed by atoms with Gasteiger partial charge in [0.1, 0.15) is 6.33 Å². The number of rotatable bonds is 8. The second-order valence-corrected chi connectivity index (χ2v) is 5.43. The minimum absolute atomic E-state index is 0.186. The molecule has 2 rings (SSSR count). The van der Waals surface area contributed by atoms with Gasteiger partial charge in [-0.15, -0.1) is 10.2 Å². The number of urea groups is 1. The minimum atomic E-state index is -0.272. The third-order valence-electron chi connectivity index (χ3n) is 3.78. The lowest BCUT2D eigenvalue weighted by molar-refractivity contribution is 0.237. The predicted octanol–water partition coefficient (Wildman–Crippen LogP) is 2.27. The fourth-order valence-corrected chi connectivity index (χ4v) is 2.40. The molecular formula is C17H25N5O3. The van der Waals surface area contributed by atoms with Gasteiger partial charge in [0.2, 0.25) is 0 Å². The molecule has 0 radical (unpaired) electrons. The molecule has 0 aliphatic heterocycles. The molecule has 1 heterocycles. The van der Waals surface area contributed by atoms with Crippen LogP contribution < -0.4 is 20.1 Å². The Morgan fingerprint density at radius 1 is 1.32 bits per heavy atom. The van der Waals surface area contributed by atoms with Crippen molar-refractivity contribution in [2.24, 2.45) is 0 Å². The lowest BCUT2D eigenvalue weighted by Crippen LogP contribution is -2.37. The number of benzene rings is 1. The zero-order valence-electron chi connectivity index (χ0n) is 15.1. The first-order valence-corrected chi connectivity index (χ1v) is 8.30. The first-order chi connectivity index (χ1) is 12.1. The van der Waals surface area contributed by atoms with E-state index in [2.05, 4.69) is 20.8 Å². The lowest BCUT2D eigenvalue weighted by Gasteiger charge is -2.17. The van der Waals surface area contributed by atoms with Gasteiger partial charge in [0.25, 0.3) is 0 Å². The van der Waals surface area contributed by atoms with Gasteiger partial charge in [0.15, 0.2) is 17.3 Å². The Bertz CT molecular complexity index is 701. The van der Waals surface area contributed by atoms with E-state index in [1.54, 1.807) is 13.4 Å². The van der Waals surface area contributed by atoms with E-state index < -0.39 is 0 Å². The summed E-state index contributed by atoms with van der Waals surface area (Å²) in [5, 5.41) is 13.5. The molecule has 0 fully saturated rings. The van der Waals surface area contributed by atoms with Gasteiger partial charge in [-0.05, 0) is 38.5 Å². The molecule has 0 unspecified atom stereocenters. The van der Waals surface area contributed by atoms with Crippen molar-refractivity contribution < 1.29 is 14.3 Å². The molecule has 2 amide bonds. The van der Waals surface area contributed by atoms with Crippen LogP contribution in [0.3, 0.4) is 0 Å². The summed E-state index contributed by atoms with van der Waals surface area (Å²) in [4.78, 5) is 12.1. The Kier molecular flexibility index (Phi) is 6.62. The predicted molar refractivity (Wildman–Crippen MR) is 93.6 cm³/mol. The Hall–Kier alpha value is -2.77. The smallest absolute Gasteiger partial charge is 0.315 e. The summed E-state index contributed by atoms with van der Waals surface area (Å²) in [5.74, 6) is 2.04. The van der Waals surface area contributed by atoms with Gasteiger partial charge in [0.05, 0.1) is 26.3 Å². The van der Waals surface area contributed by atoms with Crippen molar-refractivity contribution in [1.82, 2.24) is 25.4 Å². The van der Waals surface area contributed by atoms with Crippen LogP contribution in [0.25, 0.3) is 0 Å². The molecule has 1 aromatic heterocycles. The molecule has 2 N–H and O–H groups in total. The van der Waals surface area contributed by atoms with E-state index in [1.807, 2.05) is 43.5 Å². The zero-order chi connectivity index (χ0) is 18.2. The average Bonchev–Trinajstić information content (AvgIpc) is 3.08. The molecule has 0 bridgehead atoms. The first kappa shape index (κ1) is 18.6. The van der Waals surface area contributed by atoms with Crippen molar-refractivity contribution in [2.45, 2.75) is 39.9 Å². The molecule has 8 nitrogen and oxygen atoms in total. The Morgan fingerprint density at radius 2 is 2.12 bits per heavy atom. The number of aromatic nitrogens is 3. The number of hydrogen-bond donors (Lipinski definition) is 2. The third kappa shape index (κ3) is 4.85. The largest absolute Gasteiger partial charge is 0.493 e. The topological polar surface area (TPSA) is 90.3 Å². The summed E-state index contributed by atoms with van der Waals surface area (Å²) in [6.45, 7) is 7.46. The highest BCUT2D eigenvalue weighted by Crippen LogP contribution is 2.30. The summed E-state index contributed by atoms with van der Waals surface area (Å²) >= 11 is 0. The maximum atomic E-state index is 12.1. The molecule has 8 heteroatoms. The van der Waals surface area contributed by atoms with E-state index in [0.29, 0.717) is 30.5 Å². The van der Waals surface area contributed by atoms with E-state index in [0.717, 1.165) is 12.1 Å². The van der Waals surface area contributed by atoms with Gasteiger partial charge < -0.3 is 24.7 Å². The van der Waals surface area contributed by atoms with Crippen LogP contribution in [-0.4, -0.2) is 34.5 Å². The Balaban J connectivity index is 1.94. The van der Waals surface area contributed by atoms with E-state index in [1.165, 1.54) is 0 Å². The fourth-order valence-electron chi connectivity index (χ4n) is 2.40. The van der Waals surface area contributed by atoms with Crippen molar-refractivity contribution in [1.29, 1.82) is 0 Å². The number of nitrogens with zero attached hydrogens (tertiary/aromatic N) is 3. The molecule has 25 heavy (non-hydrogen) atoms. The molecule has 0 aliphatic rings. The summed E-state index contributed by atoms with van der Waals surface area (Å²) in [6.07, 6.45) is 1.64. The summed E-state index contributed by atoms with van der Waals surface area (Å²) in [6, 6.07) is 5.16. The van der Waals surface area contributed by atoms with Gasteiger partial charge in [-0.1, -0.05) is 6.07 Å². The SMILES string of the molecule is CCOc1ccc([C@@H](C)NC(=O)NCc2nncn2CC)cc1OC. The molecule has 2 aromatic rings. The van der Waals surface area contributed by atoms with Crippen molar-refractivity contribution >= 4 is 6.03 Å². The highest BCUT2D eigenvalue weighted by atomic mass is 16.5. The number of carbonyl (C=O) groups is 1. The number of carbonyl (C=O) groups excluding carboxylic acids is 1. The van der Waals surface area contributed by atoms with Gasteiger partial charge in [-0.25, -0.2) is 4.79 Å². The standard InChI is InChI=1S/C17H25N5O3/c1-5-22-11-19-21-16(22)10-18-17(23)20-12(3)13-7-8-14(25-6-2)15(9-13)24-4/h7-9,11-12H,5-6,10H2,1-4H3,(H2,18,20,23)/t12-/m1/s1. The number of methoxy groups -OCH3 is 1. The number of hydrogen-bond acceptors (Lipinski definition) is 5. The maximum absolute atomic E-state index is 12.1. The van der Waals surface area contributed by atoms with E-state index in [4.69, 9.17) is 9.47 Å². The molecule has 0 saturated carbocycles. The average molecular weight is 347 g/mol. The normalized spacial score (nSPS) is 11.7. The van der Waals surface area contributed by atoms with E-state index in [9.17, 15) is 4.79 Å². The van der Waals surface area contributed by atoms with Crippen LogP contribution in [0.5, 0.6) is 11.5 Å². The number of ether oxygens (including phenoxy) is 2. The van der Waals surface area contributed by atoms with Crippen LogP contribution in [0.2, 0.25) is 0 Å². The molecule has 0 aliphatic carbocycles. The van der Waals surface area contributed by atoms with Crippen LogP contribution in [-0.2, 0) is 13.1 Å². The van der Waals surface area contributed by atoms with Gasteiger partial charge >= 0.3 is 6.03 Å². The Morgan fingerprint density at radius 3 is 2.80 bits per heavy atom. The second kappa shape index (κ2) is 8.91. The van der Waals surface area contributed by atoms with Gasteiger partial charge in [-0.2, -0.15) is 0 Å². The summed E-state index contributed by atoms with van der Waals surface area (Å²) in [7, 11) is 1.59. The summed E-state index contributed by atoms with van der Waals surface area (Å²) < 4.78 is 12.7. The quantitative estimate of drug-likeness (QED) is 0.764. The highest BCUT2D eigenvalue weighted by Gasteiger charge is 2.13. The molecule has 0 saturated heterocycles. The zero-order valence-corrected chi connectivity index (χ0v) is 15.1. The second-order valence-electron chi connectivity index (χ2n) is 5.43.